The van der Waals surface area contributed by atoms with Gasteiger partial charge in [0.2, 0.25) is 0 Å². The van der Waals surface area contributed by atoms with E-state index in [1.54, 1.807) is 13.8 Å². The van der Waals surface area contributed by atoms with Crippen LogP contribution in [0.2, 0.25) is 0 Å². The summed E-state index contributed by atoms with van der Waals surface area (Å²) in [7, 11) is 0. The van der Waals surface area contributed by atoms with Crippen LogP contribution in [-0.2, 0) is 17.1 Å². The van der Waals surface area contributed by atoms with E-state index in [1.165, 1.54) is 0 Å². The van der Waals surface area contributed by atoms with Gasteiger partial charge >= 0.3 is 17.1 Å². The van der Waals surface area contributed by atoms with E-state index in [2.05, 4.69) is 0 Å². The molecule has 0 unspecified atom stereocenters. The van der Waals surface area contributed by atoms with Gasteiger partial charge in [0, 0.05) is 11.8 Å². The molecule has 2 fully saturated rings. The minimum absolute atomic E-state index is 0. The molecule has 3 heteroatoms. The normalized spacial score (nSPS) is 24.7. The molecule has 2 aliphatic carbocycles. The first-order chi connectivity index (χ1) is 7.61. The Labute approximate surface area is 117 Å². The maximum absolute atomic E-state index is 8.91. The van der Waals surface area contributed by atoms with Crippen molar-refractivity contribution in [3.63, 3.8) is 0 Å². The van der Waals surface area contributed by atoms with Crippen molar-refractivity contribution in [3.05, 3.63) is 63.2 Å². The van der Waals surface area contributed by atoms with Gasteiger partial charge in [0.1, 0.15) is 0 Å². The summed E-state index contributed by atoms with van der Waals surface area (Å²) in [4.78, 5) is 0. The molecule has 2 nitrogen and oxygen atoms in total. The molecule has 2 saturated carbocycles. The first-order valence-corrected chi connectivity index (χ1v) is 5.40. The van der Waals surface area contributed by atoms with Gasteiger partial charge in [-0.1, -0.05) is 0 Å². The average Bonchev–Trinajstić information content (AvgIpc) is 2.93. The van der Waals surface area contributed by atoms with Crippen molar-refractivity contribution in [2.24, 2.45) is 0 Å². The number of rotatable bonds is 2. The third kappa shape index (κ3) is 6.81. The van der Waals surface area contributed by atoms with Gasteiger partial charge in [-0.2, -0.15) is 0 Å². The SMILES string of the molecule is C[C@H](O)[C]1[CH][CH][CH][CH]1.C[C@H](O)[C]1[CH][CH][CH][CH]1.[Fe+2]. The second kappa shape index (κ2) is 9.38. The number of aliphatic hydroxyl groups excluding tert-OH is 2. The van der Waals surface area contributed by atoms with Crippen LogP contribution in [0, 0.1) is 63.2 Å². The van der Waals surface area contributed by atoms with E-state index in [1.807, 2.05) is 51.4 Å². The van der Waals surface area contributed by atoms with E-state index in [0.717, 1.165) is 11.8 Å². The van der Waals surface area contributed by atoms with Gasteiger partial charge in [-0.15, -0.1) is 0 Å². The third-order valence-corrected chi connectivity index (χ3v) is 2.34. The standard InChI is InChI=1S/2C7H9O.Fe/c2*1-6(8)7-4-2-3-5-7;/h2*2-6,8H,1H3;/q;;+2/t2*6-;/m00./s1. The van der Waals surface area contributed by atoms with Gasteiger partial charge in [-0.05, 0) is 65.2 Å². The van der Waals surface area contributed by atoms with Crippen molar-refractivity contribution in [2.45, 2.75) is 26.1 Å². The minimum Gasteiger partial charge on any atom is -0.393 e. The van der Waals surface area contributed by atoms with Crippen LogP contribution in [-0.4, -0.2) is 22.4 Å². The Morgan fingerprint density at radius 1 is 0.706 bits per heavy atom. The maximum Gasteiger partial charge on any atom is 2.00 e. The first-order valence-electron chi connectivity index (χ1n) is 5.40. The molecule has 2 N–H and O–H groups in total. The van der Waals surface area contributed by atoms with Crippen LogP contribution < -0.4 is 0 Å². The number of hydrogen-bond acceptors (Lipinski definition) is 2. The molecule has 0 aromatic carbocycles. The molecular weight excluding hydrogens is 256 g/mol. The summed E-state index contributed by atoms with van der Waals surface area (Å²) in [6, 6.07) is 0. The second-order valence-corrected chi connectivity index (χ2v) is 3.79. The first kappa shape index (κ1) is 17.4. The number of aliphatic hydroxyl groups is 2. The van der Waals surface area contributed by atoms with Crippen LogP contribution in [0.5, 0.6) is 0 Å². The van der Waals surface area contributed by atoms with Crippen molar-refractivity contribution < 1.29 is 27.3 Å². The summed E-state index contributed by atoms with van der Waals surface area (Å²) in [5.41, 5.74) is 0. The fourth-order valence-electron chi connectivity index (χ4n) is 1.33. The Morgan fingerprint density at radius 2 is 0.941 bits per heavy atom. The summed E-state index contributed by atoms with van der Waals surface area (Å²) >= 11 is 0. The van der Waals surface area contributed by atoms with E-state index in [-0.39, 0.29) is 29.3 Å². The molecule has 0 heterocycles. The predicted molar refractivity (Wildman–Crippen MR) is 64.2 cm³/mol. The Morgan fingerprint density at radius 3 is 1.06 bits per heavy atom. The van der Waals surface area contributed by atoms with Crippen LogP contribution in [0.25, 0.3) is 0 Å². The van der Waals surface area contributed by atoms with Gasteiger partial charge in [-0.25, -0.2) is 0 Å². The van der Waals surface area contributed by atoms with Crippen LogP contribution in [0.4, 0.5) is 0 Å². The van der Waals surface area contributed by atoms with Gasteiger partial charge in [-0.3, -0.25) is 0 Å². The molecule has 2 atom stereocenters. The van der Waals surface area contributed by atoms with Crippen LogP contribution >= 0.6 is 0 Å². The Bertz CT molecular complexity index is 151. The summed E-state index contributed by atoms with van der Waals surface area (Å²) < 4.78 is 0. The van der Waals surface area contributed by atoms with Gasteiger partial charge in [0.05, 0.1) is 12.2 Å². The van der Waals surface area contributed by atoms with Crippen molar-refractivity contribution in [3.8, 4) is 0 Å². The molecule has 2 rings (SSSR count). The average molecular weight is 274 g/mol. The molecule has 0 spiro atoms. The predicted octanol–water partition coefficient (Wildman–Crippen LogP) is 1.54. The Balaban J connectivity index is 0.000000284. The molecule has 0 aromatic rings. The molecule has 0 bridgehead atoms. The van der Waals surface area contributed by atoms with Crippen LogP contribution in [0.3, 0.4) is 0 Å². The smallest absolute Gasteiger partial charge is 0.393 e. The third-order valence-electron chi connectivity index (χ3n) is 2.34. The van der Waals surface area contributed by atoms with Gasteiger partial charge < -0.3 is 10.2 Å². The van der Waals surface area contributed by atoms with E-state index < -0.39 is 0 Å². The van der Waals surface area contributed by atoms with E-state index in [4.69, 9.17) is 10.2 Å². The summed E-state index contributed by atoms with van der Waals surface area (Å²) in [6.45, 7) is 3.52. The van der Waals surface area contributed by atoms with Gasteiger partial charge in [0.25, 0.3) is 0 Å². The van der Waals surface area contributed by atoms with Crippen molar-refractivity contribution >= 4 is 0 Å². The van der Waals surface area contributed by atoms with Crippen LogP contribution in [0.1, 0.15) is 13.8 Å². The fraction of sp³-hybridized carbons (Fsp3) is 0.286. The molecule has 0 aliphatic heterocycles. The molecule has 0 aromatic heterocycles. The molecular formula is C14H18FeO2+2. The second-order valence-electron chi connectivity index (χ2n) is 3.79. The van der Waals surface area contributed by atoms with Crippen molar-refractivity contribution in [2.75, 3.05) is 0 Å². The van der Waals surface area contributed by atoms with E-state index in [9.17, 15) is 0 Å². The molecule has 0 amide bonds. The van der Waals surface area contributed by atoms with Gasteiger partial charge in [0.15, 0.2) is 0 Å². The number of hydrogen-bond donors (Lipinski definition) is 2. The topological polar surface area (TPSA) is 40.5 Å². The quantitative estimate of drug-likeness (QED) is 0.750. The van der Waals surface area contributed by atoms with E-state index in [0.29, 0.717) is 0 Å². The van der Waals surface area contributed by atoms with E-state index >= 15 is 0 Å². The zero-order chi connectivity index (χ0) is 12.0. The zero-order valence-corrected chi connectivity index (χ0v) is 11.1. The van der Waals surface area contributed by atoms with Crippen molar-refractivity contribution in [1.82, 2.24) is 0 Å². The Kier molecular flexibility index (Phi) is 9.62. The summed E-state index contributed by atoms with van der Waals surface area (Å²) in [6.07, 6.45) is 14.7. The zero-order valence-electron chi connectivity index (χ0n) is 10.0. The molecule has 2 aliphatic rings. The van der Waals surface area contributed by atoms with Crippen LogP contribution in [0.15, 0.2) is 0 Å². The minimum atomic E-state index is -0.315. The molecule has 0 saturated heterocycles. The fourth-order valence-corrected chi connectivity index (χ4v) is 1.33. The molecule has 17 heavy (non-hydrogen) atoms. The summed E-state index contributed by atoms with van der Waals surface area (Å²) in [5.74, 6) is 1.98. The monoisotopic (exact) mass is 274 g/mol. The summed E-state index contributed by atoms with van der Waals surface area (Å²) in [5, 5.41) is 17.8. The largest absolute Gasteiger partial charge is 2.00 e. The van der Waals surface area contributed by atoms with Crippen molar-refractivity contribution in [1.29, 1.82) is 0 Å². The molecule has 92 valence electrons. The Hall–Kier alpha value is 0.439. The molecule has 10 radical (unpaired) electrons. The maximum atomic E-state index is 8.91.